The Balaban J connectivity index is 0.000000211. The summed E-state index contributed by atoms with van der Waals surface area (Å²) in [5.74, 6) is -0.922. The number of carboxylic acid groups (broad SMARTS) is 1. The minimum Gasteiger partial charge on any atom is -0.478 e. The number of aldehydes is 1. The smallest absolute Gasteiger partial charge is 0.328 e. The third-order valence-corrected chi connectivity index (χ3v) is 2.38. The van der Waals surface area contributed by atoms with Gasteiger partial charge in [-0.25, -0.2) is 4.79 Å². The molecule has 0 atom stereocenters. The first-order valence-corrected chi connectivity index (χ1v) is 6.35. The fraction of sp³-hybridized carbons (Fsp3) is 0. The van der Waals surface area contributed by atoms with Gasteiger partial charge in [-0.3, -0.25) is 4.79 Å². The third kappa shape index (κ3) is 7.95. The first-order chi connectivity index (χ1) is 10.2. The summed E-state index contributed by atoms with van der Waals surface area (Å²) >= 11 is 0. The Morgan fingerprint density at radius 2 is 1.29 bits per heavy atom. The lowest BCUT2D eigenvalue weighted by Crippen LogP contribution is -1.85. The molecule has 0 unspecified atom stereocenters. The van der Waals surface area contributed by atoms with Gasteiger partial charge in [0, 0.05) is 6.08 Å². The van der Waals surface area contributed by atoms with Crippen molar-refractivity contribution >= 4 is 24.4 Å². The number of carbonyl (C=O) groups is 2. The lowest BCUT2D eigenvalue weighted by Gasteiger charge is -1.87. The van der Waals surface area contributed by atoms with Gasteiger partial charge < -0.3 is 5.11 Å². The van der Waals surface area contributed by atoms with E-state index in [0.717, 1.165) is 23.5 Å². The van der Waals surface area contributed by atoms with Gasteiger partial charge in [-0.05, 0) is 23.3 Å². The van der Waals surface area contributed by atoms with Crippen LogP contribution in [0.2, 0.25) is 0 Å². The molecule has 0 bridgehead atoms. The second-order valence-electron chi connectivity index (χ2n) is 3.99. The van der Waals surface area contributed by atoms with Crippen LogP contribution in [-0.2, 0) is 9.59 Å². The largest absolute Gasteiger partial charge is 0.478 e. The molecule has 0 aromatic heterocycles. The van der Waals surface area contributed by atoms with E-state index in [0.29, 0.717) is 0 Å². The average Bonchev–Trinajstić information content (AvgIpc) is 2.53. The van der Waals surface area contributed by atoms with Crippen molar-refractivity contribution in [1.29, 1.82) is 0 Å². The van der Waals surface area contributed by atoms with Crippen molar-refractivity contribution in [2.45, 2.75) is 0 Å². The Morgan fingerprint density at radius 3 is 1.71 bits per heavy atom. The molecule has 1 N–H and O–H groups in total. The van der Waals surface area contributed by atoms with Gasteiger partial charge in [0.15, 0.2) is 0 Å². The highest BCUT2D eigenvalue weighted by atomic mass is 16.4. The van der Waals surface area contributed by atoms with Gasteiger partial charge in [0.2, 0.25) is 0 Å². The standard InChI is InChI=1S/C9H8O2.C9H8O/c10-9(11)7-6-8-4-2-1-3-5-8;10-8-4-7-9-5-2-1-3-6-9/h1-7H,(H,10,11);1-8H. The van der Waals surface area contributed by atoms with E-state index in [9.17, 15) is 9.59 Å². The highest BCUT2D eigenvalue weighted by Gasteiger charge is 1.86. The number of rotatable bonds is 4. The quantitative estimate of drug-likeness (QED) is 0.686. The van der Waals surface area contributed by atoms with E-state index in [1.807, 2.05) is 60.7 Å². The Labute approximate surface area is 123 Å². The van der Waals surface area contributed by atoms with E-state index in [1.165, 1.54) is 6.08 Å². The molecule has 0 saturated heterocycles. The maximum Gasteiger partial charge on any atom is 0.328 e. The molecule has 0 aliphatic carbocycles. The van der Waals surface area contributed by atoms with Crippen LogP contribution in [0, 0.1) is 0 Å². The summed E-state index contributed by atoms with van der Waals surface area (Å²) in [6.07, 6.45) is 6.70. The predicted octanol–water partition coefficient (Wildman–Crippen LogP) is 3.68. The third-order valence-electron chi connectivity index (χ3n) is 2.38. The fourth-order valence-corrected chi connectivity index (χ4v) is 1.45. The fourth-order valence-electron chi connectivity index (χ4n) is 1.45. The van der Waals surface area contributed by atoms with Crippen molar-refractivity contribution in [1.82, 2.24) is 0 Å². The Bertz CT molecular complexity index is 599. The zero-order valence-electron chi connectivity index (χ0n) is 11.4. The Kier molecular flexibility index (Phi) is 7.61. The van der Waals surface area contributed by atoms with Crippen LogP contribution in [0.1, 0.15) is 11.1 Å². The maximum atomic E-state index is 10.1. The lowest BCUT2D eigenvalue weighted by molar-refractivity contribution is -0.131. The van der Waals surface area contributed by atoms with Crippen molar-refractivity contribution in [3.63, 3.8) is 0 Å². The normalized spacial score (nSPS) is 10.1. The van der Waals surface area contributed by atoms with E-state index in [1.54, 1.807) is 12.2 Å². The summed E-state index contributed by atoms with van der Waals surface area (Å²) in [5, 5.41) is 8.29. The second-order valence-corrected chi connectivity index (χ2v) is 3.99. The van der Waals surface area contributed by atoms with Gasteiger partial charge in [0.25, 0.3) is 0 Å². The number of allylic oxidation sites excluding steroid dienone is 1. The van der Waals surface area contributed by atoms with Crippen LogP contribution in [0.5, 0.6) is 0 Å². The molecule has 0 saturated carbocycles. The van der Waals surface area contributed by atoms with Gasteiger partial charge in [0.05, 0.1) is 0 Å². The van der Waals surface area contributed by atoms with Crippen molar-refractivity contribution < 1.29 is 14.7 Å². The zero-order valence-corrected chi connectivity index (χ0v) is 11.4. The molecule has 3 nitrogen and oxygen atoms in total. The summed E-state index contributed by atoms with van der Waals surface area (Å²) in [4.78, 5) is 20.0. The number of carboxylic acids is 1. The predicted molar refractivity (Wildman–Crippen MR) is 84.7 cm³/mol. The molecule has 0 heterocycles. The Morgan fingerprint density at radius 1 is 0.810 bits per heavy atom. The van der Waals surface area contributed by atoms with Crippen LogP contribution < -0.4 is 0 Å². The molecule has 0 fully saturated rings. The summed E-state index contributed by atoms with van der Waals surface area (Å²) in [6, 6.07) is 19.0. The van der Waals surface area contributed by atoms with Gasteiger partial charge in [-0.2, -0.15) is 0 Å². The number of benzene rings is 2. The molecule has 2 aromatic rings. The lowest BCUT2D eigenvalue weighted by atomic mass is 10.2. The molecule has 0 amide bonds. The molecule has 0 radical (unpaired) electrons. The van der Waals surface area contributed by atoms with E-state index >= 15 is 0 Å². The number of hydrogen-bond donors (Lipinski definition) is 1. The molecule has 21 heavy (non-hydrogen) atoms. The molecule has 2 aromatic carbocycles. The molecule has 0 spiro atoms. The number of carbonyl (C=O) groups excluding carboxylic acids is 1. The SMILES string of the molecule is O=C(O)C=Cc1ccccc1.O=CC=Cc1ccccc1. The van der Waals surface area contributed by atoms with Crippen molar-refractivity contribution in [2.75, 3.05) is 0 Å². The molecule has 106 valence electrons. The van der Waals surface area contributed by atoms with Crippen LogP contribution in [-0.4, -0.2) is 17.4 Å². The van der Waals surface area contributed by atoms with Gasteiger partial charge in [-0.15, -0.1) is 0 Å². The molecular weight excluding hydrogens is 264 g/mol. The van der Waals surface area contributed by atoms with E-state index < -0.39 is 5.97 Å². The zero-order chi connectivity index (χ0) is 15.3. The van der Waals surface area contributed by atoms with Crippen LogP contribution >= 0.6 is 0 Å². The minimum atomic E-state index is -0.922. The summed E-state index contributed by atoms with van der Waals surface area (Å²) < 4.78 is 0. The average molecular weight is 280 g/mol. The van der Waals surface area contributed by atoms with E-state index in [2.05, 4.69) is 0 Å². The number of aliphatic carboxylic acids is 1. The number of hydrogen-bond acceptors (Lipinski definition) is 2. The van der Waals surface area contributed by atoms with E-state index in [-0.39, 0.29) is 0 Å². The molecule has 0 aliphatic rings. The molecular formula is C18H16O3. The molecule has 3 heteroatoms. The maximum absolute atomic E-state index is 10.1. The van der Waals surface area contributed by atoms with Crippen LogP contribution in [0.3, 0.4) is 0 Å². The summed E-state index contributed by atoms with van der Waals surface area (Å²) in [6.45, 7) is 0. The molecule has 0 aliphatic heterocycles. The highest BCUT2D eigenvalue weighted by molar-refractivity contribution is 5.85. The first kappa shape index (κ1) is 16.1. The monoisotopic (exact) mass is 280 g/mol. The van der Waals surface area contributed by atoms with Crippen molar-refractivity contribution in [3.05, 3.63) is 83.9 Å². The van der Waals surface area contributed by atoms with Gasteiger partial charge in [0.1, 0.15) is 6.29 Å². The molecule has 2 rings (SSSR count). The van der Waals surface area contributed by atoms with Crippen LogP contribution in [0.4, 0.5) is 0 Å². The minimum absolute atomic E-state index is 0.771. The Hall–Kier alpha value is -2.94. The van der Waals surface area contributed by atoms with Crippen molar-refractivity contribution in [2.24, 2.45) is 0 Å². The van der Waals surface area contributed by atoms with Gasteiger partial charge in [-0.1, -0.05) is 66.7 Å². The first-order valence-electron chi connectivity index (χ1n) is 6.35. The van der Waals surface area contributed by atoms with Crippen molar-refractivity contribution in [3.8, 4) is 0 Å². The van der Waals surface area contributed by atoms with Crippen LogP contribution in [0.15, 0.2) is 72.8 Å². The van der Waals surface area contributed by atoms with Gasteiger partial charge >= 0.3 is 5.97 Å². The topological polar surface area (TPSA) is 54.4 Å². The second kappa shape index (κ2) is 9.92. The summed E-state index contributed by atoms with van der Waals surface area (Å²) in [5.41, 5.74) is 1.95. The highest BCUT2D eigenvalue weighted by Crippen LogP contribution is 2.00. The van der Waals surface area contributed by atoms with E-state index in [4.69, 9.17) is 5.11 Å². The van der Waals surface area contributed by atoms with Crippen LogP contribution in [0.25, 0.3) is 12.2 Å². The summed E-state index contributed by atoms with van der Waals surface area (Å²) in [7, 11) is 0.